The smallest absolute Gasteiger partial charge is 0.343 e. The molecule has 0 spiro atoms. The number of unbranched alkanes of at least 4 members (excludes halogenated alkanes) is 3. The second kappa shape index (κ2) is 29.0. The fourth-order valence-corrected chi connectivity index (χ4v) is 10.5. The number of fused-ring (bicyclic) bond motifs is 5. The summed E-state index contributed by atoms with van der Waals surface area (Å²) in [7, 11) is 0. The number of rotatable bonds is 31. The molecule has 24 nitrogen and oxygen atoms in total. The number of hydrogen-bond acceptors (Lipinski definition) is 17. The molecule has 1 aromatic carbocycles. The first kappa shape index (κ1) is 65.1. The van der Waals surface area contributed by atoms with E-state index >= 15 is 4.39 Å². The van der Waals surface area contributed by atoms with Gasteiger partial charge in [-0.1, -0.05) is 41.0 Å². The molecule has 7 amide bonds. The number of carbonyl (C=O) groups is 8. The molecule has 0 unspecified atom stereocenters. The molecule has 0 bridgehead atoms. The van der Waals surface area contributed by atoms with Gasteiger partial charge < -0.3 is 66.2 Å². The second-order valence-corrected chi connectivity index (χ2v) is 21.7. The fraction of sp³-hybridized carbons (Fsp3) is 0.586. The Balaban J connectivity index is 1.00. The topological polar surface area (TPSA) is 354 Å². The Morgan fingerprint density at radius 3 is 2.17 bits per heavy atom. The van der Waals surface area contributed by atoms with Gasteiger partial charge in [-0.3, -0.25) is 43.3 Å². The Kier molecular flexibility index (Phi) is 22.7. The number of cyclic esters (lactones) is 1. The summed E-state index contributed by atoms with van der Waals surface area (Å²) in [4.78, 5) is 123. The van der Waals surface area contributed by atoms with Crippen molar-refractivity contribution >= 4 is 58.2 Å². The van der Waals surface area contributed by atoms with Crippen molar-refractivity contribution in [3.8, 4) is 11.4 Å². The lowest BCUT2D eigenvalue weighted by Gasteiger charge is -2.31. The van der Waals surface area contributed by atoms with Gasteiger partial charge >= 0.3 is 5.97 Å². The first-order chi connectivity index (χ1) is 39.4. The van der Waals surface area contributed by atoms with Gasteiger partial charge in [0.15, 0.2) is 5.60 Å². The molecule has 454 valence electrons. The maximum Gasteiger partial charge on any atom is 0.343 e. The minimum atomic E-state index is -1.99. The minimum Gasteiger partial charge on any atom is -0.458 e. The van der Waals surface area contributed by atoms with Gasteiger partial charge in [0.1, 0.15) is 49.5 Å². The van der Waals surface area contributed by atoms with E-state index in [1.54, 1.807) is 45.3 Å². The largest absolute Gasteiger partial charge is 0.458 e. The van der Waals surface area contributed by atoms with Gasteiger partial charge in [0.25, 0.3) is 17.4 Å². The highest BCUT2D eigenvalue weighted by atomic mass is 19.1. The fourth-order valence-electron chi connectivity index (χ4n) is 10.5. The van der Waals surface area contributed by atoms with Gasteiger partial charge in [-0.25, -0.2) is 14.2 Å². The highest BCUT2D eigenvalue weighted by Crippen LogP contribution is 2.42. The van der Waals surface area contributed by atoms with Crippen LogP contribution in [0.5, 0.6) is 0 Å². The first-order valence-electron chi connectivity index (χ1n) is 28.5. The number of ether oxygens (including phenoxy) is 2. The van der Waals surface area contributed by atoms with E-state index in [1.807, 2.05) is 6.92 Å². The standard InChI is InChI=1S/C58H79FN8O16/c1-8-33-35-27-67-41(24-37-36(56(67)79)28-83-57(80)58(37,81)10-3)50(35)64-40-25-38(59)31(6)34(48(33)40)16-13-15-23-82-29-61-53(76)32(7)62-55(78)49(30(4)5)65-54(77)39(18-19-44(70)60-26-43(69)52(75)51(74)42(68)9-2)63-45(71)17-12-11-14-22-66-46(72)20-21-47(66)73/h20-21,24-25,30,32,39,42-43,49,51-52,68-69,74-75,81H,8-19,22-23,26-29H2,1-7H3,(H,60,70)(H,61,76)(H,62,78)(H,63,71)(H,65,77)/t32-,39-,42+,43-,49-,51+,52+,58-/m0/s1. The molecule has 0 saturated carbocycles. The number of nitrogens with one attached hydrogen (secondary N) is 5. The number of benzene rings is 1. The molecular formula is C58H79FN8O16. The molecule has 10 N–H and O–H groups in total. The molecule has 8 atom stereocenters. The maximum atomic E-state index is 15.7. The summed E-state index contributed by atoms with van der Waals surface area (Å²) in [6.07, 6.45) is -1.49. The molecular weight excluding hydrogens is 1080 g/mol. The van der Waals surface area contributed by atoms with E-state index in [9.17, 15) is 68.7 Å². The van der Waals surface area contributed by atoms with Crippen molar-refractivity contribution in [1.82, 2.24) is 41.0 Å². The SMILES string of the molecule is CCc1c2c(nc3cc(F)c(C)c(CCCCOCNC(=O)[C@H](C)NC(=O)[C@@H](NC(=O)[C@H](CCC(=O)NC[C@H](O)[C@@H](O)[C@H](O)[C@H](O)CC)NC(=O)CCCCCN4C(=O)C=CC4=O)C(C)C)c13)-c1cc3c(c(=O)n1C2)COC(=O)[C@]3(O)CC. The number of amides is 7. The number of pyridine rings is 2. The van der Waals surface area contributed by atoms with Crippen molar-refractivity contribution in [3.05, 3.63) is 73.8 Å². The Bertz CT molecular complexity index is 3020. The third-order valence-corrected chi connectivity index (χ3v) is 15.6. The number of aromatic nitrogens is 2. The van der Waals surface area contributed by atoms with Crippen LogP contribution in [0.4, 0.5) is 4.39 Å². The van der Waals surface area contributed by atoms with Crippen LogP contribution in [-0.4, -0.2) is 156 Å². The normalized spacial score (nSPS) is 17.9. The van der Waals surface area contributed by atoms with Crippen LogP contribution < -0.4 is 32.1 Å². The van der Waals surface area contributed by atoms with E-state index in [4.69, 9.17) is 14.5 Å². The zero-order valence-corrected chi connectivity index (χ0v) is 48.1. The molecule has 3 aromatic rings. The molecule has 6 rings (SSSR count). The monoisotopic (exact) mass is 1160 g/mol. The summed E-state index contributed by atoms with van der Waals surface area (Å²) in [5, 5.41) is 65.4. The summed E-state index contributed by atoms with van der Waals surface area (Å²) in [5.41, 5.74) is 2.25. The molecule has 2 aromatic heterocycles. The Morgan fingerprint density at radius 2 is 1.51 bits per heavy atom. The summed E-state index contributed by atoms with van der Waals surface area (Å²) < 4.78 is 28.2. The number of aryl methyl sites for hydroxylation is 2. The maximum absolute atomic E-state index is 15.7. The molecule has 0 fully saturated rings. The van der Waals surface area contributed by atoms with Crippen LogP contribution in [-0.2, 0) is 79.4 Å². The van der Waals surface area contributed by atoms with Crippen molar-refractivity contribution in [3.63, 3.8) is 0 Å². The Hall–Kier alpha value is -7.03. The van der Waals surface area contributed by atoms with Crippen LogP contribution in [0.3, 0.4) is 0 Å². The van der Waals surface area contributed by atoms with Crippen LogP contribution in [0, 0.1) is 18.7 Å². The first-order valence-corrected chi connectivity index (χ1v) is 28.5. The van der Waals surface area contributed by atoms with E-state index in [0.717, 1.165) is 27.0 Å². The molecule has 0 radical (unpaired) electrons. The van der Waals surface area contributed by atoms with Gasteiger partial charge in [-0.15, -0.1) is 0 Å². The zero-order chi connectivity index (χ0) is 61.0. The van der Waals surface area contributed by atoms with Crippen LogP contribution in [0.1, 0.15) is 139 Å². The third kappa shape index (κ3) is 15.2. The number of aliphatic hydroxyl groups is 5. The lowest BCUT2D eigenvalue weighted by molar-refractivity contribution is -0.172. The highest BCUT2D eigenvalue weighted by Gasteiger charge is 2.46. The summed E-state index contributed by atoms with van der Waals surface area (Å²) in [5.74, 6) is -6.10. The van der Waals surface area contributed by atoms with Crippen LogP contribution in [0.2, 0.25) is 0 Å². The molecule has 5 heterocycles. The summed E-state index contributed by atoms with van der Waals surface area (Å²) in [6.45, 7) is 11.2. The van der Waals surface area contributed by atoms with Crippen molar-refractivity contribution in [2.75, 3.05) is 26.4 Å². The molecule has 0 saturated heterocycles. The average molecular weight is 1160 g/mol. The van der Waals surface area contributed by atoms with Crippen LogP contribution in [0.15, 0.2) is 29.1 Å². The molecule has 0 aliphatic carbocycles. The van der Waals surface area contributed by atoms with E-state index < -0.39 is 119 Å². The number of imide groups is 1. The van der Waals surface area contributed by atoms with Gasteiger partial charge in [0, 0.05) is 67.3 Å². The number of nitrogens with zero attached hydrogens (tertiary/aromatic N) is 3. The number of hydrogen-bond donors (Lipinski definition) is 10. The Labute approximate surface area is 479 Å². The van der Waals surface area contributed by atoms with Crippen molar-refractivity contribution < 1.29 is 77.8 Å². The quantitative estimate of drug-likeness (QED) is 0.0145. The number of carbonyl (C=O) groups excluding carboxylic acids is 8. The lowest BCUT2D eigenvalue weighted by Crippen LogP contribution is -2.58. The van der Waals surface area contributed by atoms with Gasteiger partial charge in [-0.2, -0.15) is 0 Å². The van der Waals surface area contributed by atoms with E-state index in [-0.39, 0.29) is 76.3 Å². The van der Waals surface area contributed by atoms with Crippen LogP contribution >= 0.6 is 0 Å². The van der Waals surface area contributed by atoms with Crippen molar-refractivity contribution in [1.29, 1.82) is 0 Å². The lowest BCUT2D eigenvalue weighted by atomic mass is 9.86. The van der Waals surface area contributed by atoms with Crippen LogP contribution in [0.25, 0.3) is 22.3 Å². The Morgan fingerprint density at radius 1 is 0.807 bits per heavy atom. The number of halogens is 1. The van der Waals surface area contributed by atoms with Gasteiger partial charge in [-0.05, 0) is 100 Å². The van der Waals surface area contributed by atoms with Gasteiger partial charge in [0.2, 0.25) is 29.5 Å². The number of aliphatic hydroxyl groups excluding tert-OH is 4. The molecule has 25 heteroatoms. The second-order valence-electron chi connectivity index (χ2n) is 21.7. The highest BCUT2D eigenvalue weighted by molar-refractivity contribution is 6.12. The van der Waals surface area contributed by atoms with Crippen molar-refractivity contribution in [2.45, 2.75) is 187 Å². The predicted molar refractivity (Wildman–Crippen MR) is 298 cm³/mol. The zero-order valence-electron chi connectivity index (χ0n) is 48.1. The van der Waals surface area contributed by atoms with Gasteiger partial charge in [0.05, 0.1) is 41.2 Å². The van der Waals surface area contributed by atoms with E-state index in [0.29, 0.717) is 67.4 Å². The summed E-state index contributed by atoms with van der Waals surface area (Å²) >= 11 is 0. The predicted octanol–water partition coefficient (Wildman–Crippen LogP) is 0.868. The summed E-state index contributed by atoms with van der Waals surface area (Å²) in [6, 6.07) is -0.683. The molecule has 83 heavy (non-hydrogen) atoms. The van der Waals surface area contributed by atoms with Crippen molar-refractivity contribution in [2.24, 2.45) is 5.92 Å². The molecule has 3 aliphatic rings. The third-order valence-electron chi connectivity index (χ3n) is 15.6. The number of esters is 1. The average Bonchev–Trinajstić information content (AvgIpc) is 2.26. The van der Waals surface area contributed by atoms with E-state index in [1.165, 1.54) is 25.1 Å². The van der Waals surface area contributed by atoms with E-state index in [2.05, 4.69) is 26.6 Å². The molecule has 3 aliphatic heterocycles. The minimum absolute atomic E-state index is 0.00691.